The summed E-state index contributed by atoms with van der Waals surface area (Å²) < 4.78 is 5.35. The molecule has 0 aliphatic carbocycles. The number of rotatable bonds is 7. The van der Waals surface area contributed by atoms with Gasteiger partial charge in [-0.25, -0.2) is 0 Å². The summed E-state index contributed by atoms with van der Waals surface area (Å²) in [7, 11) is 0. The normalized spacial score (nSPS) is 14.3. The molecule has 2 amide bonds. The Morgan fingerprint density at radius 3 is 2.42 bits per heavy atom. The monoisotopic (exact) mass is 333 g/mol. The van der Waals surface area contributed by atoms with E-state index >= 15 is 0 Å². The third kappa shape index (κ3) is 5.23. The Morgan fingerprint density at radius 2 is 1.83 bits per heavy atom. The predicted octanol–water partition coefficient (Wildman–Crippen LogP) is 2.11. The number of ether oxygens (including phenoxy) is 1. The lowest BCUT2D eigenvalue weighted by Crippen LogP contribution is -2.37. The van der Waals surface area contributed by atoms with Crippen LogP contribution in [0.25, 0.3) is 0 Å². The molecule has 0 spiro atoms. The van der Waals surface area contributed by atoms with Gasteiger partial charge in [0.05, 0.1) is 19.8 Å². The number of likely N-dealkylation sites (N-methyl/N-ethyl adjacent to an activating group) is 1. The first-order chi connectivity index (χ1) is 11.6. The molecule has 0 unspecified atom stereocenters. The molecule has 1 aromatic carbocycles. The van der Waals surface area contributed by atoms with Gasteiger partial charge in [-0.1, -0.05) is 6.92 Å². The van der Waals surface area contributed by atoms with Crippen molar-refractivity contribution in [2.24, 2.45) is 0 Å². The summed E-state index contributed by atoms with van der Waals surface area (Å²) in [5.41, 5.74) is 1.88. The fourth-order valence-corrected chi connectivity index (χ4v) is 2.70. The molecule has 0 saturated carbocycles. The van der Waals surface area contributed by atoms with E-state index < -0.39 is 0 Å². The lowest BCUT2D eigenvalue weighted by Gasteiger charge is -2.29. The first-order valence-corrected chi connectivity index (χ1v) is 8.64. The fourth-order valence-electron chi connectivity index (χ4n) is 2.70. The fraction of sp³-hybridized carbons (Fsp3) is 0.556. The molecule has 132 valence electrons. The maximum Gasteiger partial charge on any atom is 0.243 e. The number of benzene rings is 1. The molecule has 1 aliphatic rings. The van der Waals surface area contributed by atoms with Gasteiger partial charge in [0, 0.05) is 37.4 Å². The van der Waals surface area contributed by atoms with Crippen molar-refractivity contribution in [3.05, 3.63) is 24.3 Å². The minimum atomic E-state index is -0.166. The average molecular weight is 333 g/mol. The lowest BCUT2D eigenvalue weighted by atomic mass is 10.2. The summed E-state index contributed by atoms with van der Waals surface area (Å²) in [5.74, 6) is -0.141. The van der Waals surface area contributed by atoms with Crippen molar-refractivity contribution in [2.75, 3.05) is 49.6 Å². The Labute approximate surface area is 143 Å². The topological polar surface area (TPSA) is 61.9 Å². The van der Waals surface area contributed by atoms with Crippen LogP contribution in [0, 0.1) is 0 Å². The molecule has 6 nitrogen and oxygen atoms in total. The smallest absolute Gasteiger partial charge is 0.243 e. The van der Waals surface area contributed by atoms with Gasteiger partial charge in [-0.15, -0.1) is 0 Å². The zero-order valence-corrected chi connectivity index (χ0v) is 14.6. The third-order valence-electron chi connectivity index (χ3n) is 4.06. The zero-order chi connectivity index (χ0) is 17.4. The van der Waals surface area contributed by atoms with Gasteiger partial charge in [0.15, 0.2) is 0 Å². The molecule has 1 heterocycles. The first kappa shape index (κ1) is 18.3. The summed E-state index contributed by atoms with van der Waals surface area (Å²) >= 11 is 0. The zero-order valence-electron chi connectivity index (χ0n) is 14.6. The van der Waals surface area contributed by atoms with Crippen LogP contribution in [0.5, 0.6) is 0 Å². The molecule has 1 fully saturated rings. The van der Waals surface area contributed by atoms with E-state index in [9.17, 15) is 9.59 Å². The molecule has 2 rings (SSSR count). The van der Waals surface area contributed by atoms with Crippen LogP contribution in [-0.2, 0) is 14.3 Å². The molecule has 0 bridgehead atoms. The van der Waals surface area contributed by atoms with Crippen molar-refractivity contribution < 1.29 is 14.3 Å². The molecule has 0 radical (unpaired) electrons. The van der Waals surface area contributed by atoms with Gasteiger partial charge in [-0.3, -0.25) is 9.59 Å². The van der Waals surface area contributed by atoms with E-state index in [1.54, 1.807) is 4.90 Å². The van der Waals surface area contributed by atoms with Crippen molar-refractivity contribution in [1.82, 2.24) is 4.90 Å². The van der Waals surface area contributed by atoms with Crippen molar-refractivity contribution in [2.45, 2.75) is 26.7 Å². The van der Waals surface area contributed by atoms with Gasteiger partial charge in [0.1, 0.15) is 0 Å². The number of nitrogens with zero attached hydrogens (tertiary/aromatic N) is 2. The minimum Gasteiger partial charge on any atom is -0.378 e. The van der Waals surface area contributed by atoms with Crippen molar-refractivity contribution in [3.8, 4) is 0 Å². The molecule has 1 aliphatic heterocycles. The molecule has 1 saturated heterocycles. The number of carbonyl (C=O) groups is 2. The highest BCUT2D eigenvalue weighted by atomic mass is 16.5. The summed E-state index contributed by atoms with van der Waals surface area (Å²) in [6.07, 6.45) is 1.27. The van der Waals surface area contributed by atoms with Gasteiger partial charge < -0.3 is 19.9 Å². The Kier molecular flexibility index (Phi) is 7.06. The number of hydrogen-bond donors (Lipinski definition) is 1. The second-order valence-corrected chi connectivity index (χ2v) is 5.85. The number of carbonyl (C=O) groups excluding carboxylic acids is 2. The summed E-state index contributed by atoms with van der Waals surface area (Å²) in [6, 6.07) is 7.79. The van der Waals surface area contributed by atoms with Crippen LogP contribution in [0.15, 0.2) is 24.3 Å². The van der Waals surface area contributed by atoms with E-state index in [-0.39, 0.29) is 18.4 Å². The number of anilines is 2. The van der Waals surface area contributed by atoms with Crippen LogP contribution in [0.3, 0.4) is 0 Å². The molecular weight excluding hydrogens is 306 g/mol. The van der Waals surface area contributed by atoms with Crippen molar-refractivity contribution in [1.29, 1.82) is 0 Å². The van der Waals surface area contributed by atoms with E-state index in [2.05, 4.69) is 10.2 Å². The minimum absolute atomic E-state index is 0.0258. The van der Waals surface area contributed by atoms with Crippen LogP contribution >= 0.6 is 0 Å². The first-order valence-electron chi connectivity index (χ1n) is 8.64. The number of amides is 2. The van der Waals surface area contributed by atoms with E-state index in [1.807, 2.05) is 38.1 Å². The maximum atomic E-state index is 12.1. The number of hydrogen-bond acceptors (Lipinski definition) is 4. The van der Waals surface area contributed by atoms with Gasteiger partial charge in [-0.05, 0) is 37.6 Å². The SMILES string of the molecule is CCCC(=O)N(CC)CC(=O)Nc1ccc(N2CCOCC2)cc1. The van der Waals surface area contributed by atoms with Crippen LogP contribution < -0.4 is 10.2 Å². The predicted molar refractivity (Wildman–Crippen MR) is 95.3 cm³/mol. The van der Waals surface area contributed by atoms with E-state index in [0.717, 1.165) is 44.1 Å². The van der Waals surface area contributed by atoms with Crippen LogP contribution in [-0.4, -0.2) is 56.1 Å². The Morgan fingerprint density at radius 1 is 1.17 bits per heavy atom. The highest BCUT2D eigenvalue weighted by Gasteiger charge is 2.15. The highest BCUT2D eigenvalue weighted by molar-refractivity contribution is 5.94. The summed E-state index contributed by atoms with van der Waals surface area (Å²) in [5, 5.41) is 2.86. The maximum absolute atomic E-state index is 12.1. The number of morpholine rings is 1. The lowest BCUT2D eigenvalue weighted by molar-refractivity contribution is -0.134. The third-order valence-corrected chi connectivity index (χ3v) is 4.06. The highest BCUT2D eigenvalue weighted by Crippen LogP contribution is 2.19. The van der Waals surface area contributed by atoms with E-state index in [1.165, 1.54) is 0 Å². The largest absolute Gasteiger partial charge is 0.378 e. The van der Waals surface area contributed by atoms with E-state index in [0.29, 0.717) is 13.0 Å². The quantitative estimate of drug-likeness (QED) is 0.830. The average Bonchev–Trinajstić information content (AvgIpc) is 2.61. The van der Waals surface area contributed by atoms with E-state index in [4.69, 9.17) is 4.74 Å². The second-order valence-electron chi connectivity index (χ2n) is 5.85. The van der Waals surface area contributed by atoms with Crippen molar-refractivity contribution >= 4 is 23.2 Å². The van der Waals surface area contributed by atoms with Crippen LogP contribution in [0.2, 0.25) is 0 Å². The van der Waals surface area contributed by atoms with Gasteiger partial charge >= 0.3 is 0 Å². The Hall–Kier alpha value is -2.08. The van der Waals surface area contributed by atoms with Gasteiger partial charge in [0.25, 0.3) is 0 Å². The molecule has 6 heteroatoms. The Bertz CT molecular complexity index is 539. The molecule has 1 N–H and O–H groups in total. The molecule has 24 heavy (non-hydrogen) atoms. The van der Waals surface area contributed by atoms with Crippen molar-refractivity contribution in [3.63, 3.8) is 0 Å². The van der Waals surface area contributed by atoms with Crippen LogP contribution in [0.1, 0.15) is 26.7 Å². The number of nitrogens with one attached hydrogen (secondary N) is 1. The second kappa shape index (κ2) is 9.27. The molecule has 0 atom stereocenters. The molecule has 1 aromatic rings. The summed E-state index contributed by atoms with van der Waals surface area (Å²) in [4.78, 5) is 27.9. The van der Waals surface area contributed by atoms with Crippen LogP contribution in [0.4, 0.5) is 11.4 Å². The van der Waals surface area contributed by atoms with Gasteiger partial charge in [-0.2, -0.15) is 0 Å². The van der Waals surface area contributed by atoms with Gasteiger partial charge in [0.2, 0.25) is 11.8 Å². The standard InChI is InChI=1S/C18H27N3O3/c1-3-5-18(23)20(4-2)14-17(22)19-15-6-8-16(9-7-15)21-10-12-24-13-11-21/h6-9H,3-5,10-14H2,1-2H3,(H,19,22). The molecular formula is C18H27N3O3. The summed E-state index contributed by atoms with van der Waals surface area (Å²) in [6.45, 7) is 7.75. The Balaban J connectivity index is 1.88. The molecule has 0 aromatic heterocycles.